The smallest absolute Gasteiger partial charge is 0.264 e. The Morgan fingerprint density at radius 3 is 2.38 bits per heavy atom. The maximum absolute atomic E-state index is 13.4. The van der Waals surface area contributed by atoms with Gasteiger partial charge in [0.05, 0.1) is 16.2 Å². The van der Waals surface area contributed by atoms with Crippen molar-refractivity contribution >= 4 is 15.7 Å². The monoisotopic (exact) mass is 372 g/mol. The molecule has 1 aliphatic carbocycles. The largest absolute Gasteiger partial charge is 0.389 e. The quantitative estimate of drug-likeness (QED) is 0.866. The minimum Gasteiger partial charge on any atom is -0.389 e. The standard InChI is InChI=1S/C20H24N2O3S/c1-14-7-9-15(10-8-14)26(24,25)22-13-17(20(23)11-12-20)19(21-2)16-5-3-4-6-18(16)22/h3-10,17,19,21,23H,11-13H2,1-2H3. The Hall–Kier alpha value is -1.89. The average molecular weight is 372 g/mol. The van der Waals surface area contributed by atoms with Gasteiger partial charge in [0.1, 0.15) is 0 Å². The summed E-state index contributed by atoms with van der Waals surface area (Å²) in [5.41, 5.74) is 1.83. The summed E-state index contributed by atoms with van der Waals surface area (Å²) in [5.74, 6) is -0.178. The molecule has 2 aromatic carbocycles. The van der Waals surface area contributed by atoms with Gasteiger partial charge in [-0.25, -0.2) is 8.42 Å². The van der Waals surface area contributed by atoms with Crippen LogP contribution in [0.4, 0.5) is 5.69 Å². The molecule has 0 aromatic heterocycles. The predicted octanol–water partition coefficient (Wildman–Crippen LogP) is 2.61. The molecule has 2 aliphatic rings. The van der Waals surface area contributed by atoms with Crippen molar-refractivity contribution in [2.24, 2.45) is 5.92 Å². The first-order valence-electron chi connectivity index (χ1n) is 8.95. The van der Waals surface area contributed by atoms with Crippen molar-refractivity contribution in [1.29, 1.82) is 0 Å². The Labute approximate surface area is 154 Å². The van der Waals surface area contributed by atoms with Crippen molar-refractivity contribution < 1.29 is 13.5 Å². The number of fused-ring (bicyclic) bond motifs is 1. The summed E-state index contributed by atoms with van der Waals surface area (Å²) in [6.45, 7) is 2.21. The van der Waals surface area contributed by atoms with E-state index in [1.165, 1.54) is 4.31 Å². The number of aliphatic hydroxyl groups is 1. The third kappa shape index (κ3) is 2.73. The Morgan fingerprint density at radius 2 is 1.77 bits per heavy atom. The second-order valence-corrected chi connectivity index (χ2v) is 9.25. The van der Waals surface area contributed by atoms with Crippen LogP contribution in [-0.2, 0) is 10.0 Å². The van der Waals surface area contributed by atoms with E-state index in [0.717, 1.165) is 24.0 Å². The second-order valence-electron chi connectivity index (χ2n) is 7.38. The SMILES string of the molecule is CNC1c2ccccc2N(S(=O)(=O)c2ccc(C)cc2)CC1C1(O)CC1. The fraction of sp³-hybridized carbons (Fsp3) is 0.400. The van der Waals surface area contributed by atoms with Crippen molar-refractivity contribution in [2.75, 3.05) is 17.9 Å². The Bertz CT molecular complexity index is 920. The molecule has 0 amide bonds. The molecule has 1 fully saturated rings. The summed E-state index contributed by atoms with van der Waals surface area (Å²) < 4.78 is 28.2. The summed E-state index contributed by atoms with van der Waals surface area (Å²) >= 11 is 0. The van der Waals surface area contributed by atoms with Crippen LogP contribution in [0.15, 0.2) is 53.4 Å². The van der Waals surface area contributed by atoms with Gasteiger partial charge in [0.25, 0.3) is 10.0 Å². The molecule has 26 heavy (non-hydrogen) atoms. The molecule has 2 unspecified atom stereocenters. The van der Waals surface area contributed by atoms with Crippen LogP contribution in [0.3, 0.4) is 0 Å². The van der Waals surface area contributed by atoms with Crippen molar-refractivity contribution in [3.05, 3.63) is 59.7 Å². The second kappa shape index (κ2) is 6.08. The molecule has 138 valence electrons. The van der Waals surface area contributed by atoms with Gasteiger partial charge in [-0.05, 0) is 50.6 Å². The van der Waals surface area contributed by atoms with Crippen LogP contribution in [0.1, 0.15) is 30.0 Å². The zero-order valence-electron chi connectivity index (χ0n) is 15.0. The molecule has 6 heteroatoms. The van der Waals surface area contributed by atoms with Gasteiger partial charge in [-0.2, -0.15) is 0 Å². The summed E-state index contributed by atoms with van der Waals surface area (Å²) in [6.07, 6.45) is 1.44. The average Bonchev–Trinajstić information content (AvgIpc) is 3.39. The Balaban J connectivity index is 1.83. The van der Waals surface area contributed by atoms with Crippen LogP contribution >= 0.6 is 0 Å². The molecule has 2 atom stereocenters. The van der Waals surface area contributed by atoms with E-state index in [2.05, 4.69) is 5.32 Å². The number of sulfonamides is 1. The van der Waals surface area contributed by atoms with E-state index in [1.807, 2.05) is 50.4 Å². The minimum atomic E-state index is -3.69. The van der Waals surface area contributed by atoms with Crippen molar-refractivity contribution in [1.82, 2.24) is 5.32 Å². The lowest BCUT2D eigenvalue weighted by Gasteiger charge is -2.42. The molecule has 0 radical (unpaired) electrons. The number of rotatable bonds is 4. The van der Waals surface area contributed by atoms with Gasteiger partial charge >= 0.3 is 0 Å². The minimum absolute atomic E-state index is 0.0665. The summed E-state index contributed by atoms with van der Waals surface area (Å²) in [4.78, 5) is 0.280. The van der Waals surface area contributed by atoms with Gasteiger partial charge in [0.2, 0.25) is 0 Å². The van der Waals surface area contributed by atoms with E-state index in [-0.39, 0.29) is 23.4 Å². The van der Waals surface area contributed by atoms with Gasteiger partial charge in [-0.1, -0.05) is 35.9 Å². The van der Waals surface area contributed by atoms with E-state index in [4.69, 9.17) is 0 Å². The lowest BCUT2D eigenvalue weighted by molar-refractivity contribution is 0.0634. The first-order valence-corrected chi connectivity index (χ1v) is 10.4. The number of hydrogen-bond acceptors (Lipinski definition) is 4. The Kier molecular flexibility index (Phi) is 4.10. The molecular weight excluding hydrogens is 348 g/mol. The maximum Gasteiger partial charge on any atom is 0.264 e. The highest BCUT2D eigenvalue weighted by Crippen LogP contribution is 2.52. The van der Waals surface area contributed by atoms with Crippen molar-refractivity contribution in [3.8, 4) is 0 Å². The van der Waals surface area contributed by atoms with E-state index in [9.17, 15) is 13.5 Å². The molecule has 1 aliphatic heterocycles. The summed E-state index contributed by atoms with van der Waals surface area (Å²) in [5, 5.41) is 14.1. The molecule has 1 heterocycles. The zero-order valence-corrected chi connectivity index (χ0v) is 15.8. The number of para-hydroxylation sites is 1. The van der Waals surface area contributed by atoms with Crippen LogP contribution in [0.25, 0.3) is 0 Å². The lowest BCUT2D eigenvalue weighted by Crippen LogP contribution is -2.49. The van der Waals surface area contributed by atoms with Gasteiger partial charge in [0.15, 0.2) is 0 Å². The number of hydrogen-bond donors (Lipinski definition) is 2. The first kappa shape index (κ1) is 17.5. The van der Waals surface area contributed by atoms with Crippen LogP contribution in [0.2, 0.25) is 0 Å². The molecule has 1 saturated carbocycles. The number of anilines is 1. The third-order valence-electron chi connectivity index (χ3n) is 5.68. The molecule has 0 bridgehead atoms. The number of nitrogens with one attached hydrogen (secondary N) is 1. The molecule has 5 nitrogen and oxygen atoms in total. The highest BCUT2D eigenvalue weighted by atomic mass is 32.2. The molecule has 0 spiro atoms. The van der Waals surface area contributed by atoms with Gasteiger partial charge in [-0.15, -0.1) is 0 Å². The molecule has 4 rings (SSSR count). The fourth-order valence-corrected chi connectivity index (χ4v) is 5.49. The van der Waals surface area contributed by atoms with Crippen LogP contribution in [0.5, 0.6) is 0 Å². The van der Waals surface area contributed by atoms with Crippen molar-refractivity contribution in [2.45, 2.75) is 36.3 Å². The fourth-order valence-electron chi connectivity index (χ4n) is 3.98. The van der Waals surface area contributed by atoms with Gasteiger partial charge < -0.3 is 10.4 Å². The first-order chi connectivity index (χ1) is 12.4. The molecule has 0 saturated heterocycles. The van der Waals surface area contributed by atoms with Crippen LogP contribution in [0, 0.1) is 12.8 Å². The van der Waals surface area contributed by atoms with Gasteiger partial charge in [-0.3, -0.25) is 4.31 Å². The highest BCUT2D eigenvalue weighted by Gasteiger charge is 2.54. The third-order valence-corrected chi connectivity index (χ3v) is 7.47. The Morgan fingerprint density at radius 1 is 1.12 bits per heavy atom. The van der Waals surface area contributed by atoms with E-state index >= 15 is 0 Å². The highest BCUT2D eigenvalue weighted by molar-refractivity contribution is 7.92. The number of nitrogens with zero attached hydrogens (tertiary/aromatic N) is 1. The molecule has 2 aromatic rings. The van der Waals surface area contributed by atoms with Crippen LogP contribution in [-0.4, -0.2) is 32.7 Å². The number of aryl methyl sites for hydroxylation is 1. The van der Waals surface area contributed by atoms with E-state index < -0.39 is 15.6 Å². The summed E-state index contributed by atoms with van der Waals surface area (Å²) in [6, 6.07) is 14.4. The predicted molar refractivity (Wildman–Crippen MR) is 102 cm³/mol. The summed E-state index contributed by atoms with van der Waals surface area (Å²) in [7, 11) is -1.83. The number of benzene rings is 2. The van der Waals surface area contributed by atoms with E-state index in [0.29, 0.717) is 5.69 Å². The van der Waals surface area contributed by atoms with Crippen LogP contribution < -0.4 is 9.62 Å². The zero-order chi connectivity index (χ0) is 18.5. The van der Waals surface area contributed by atoms with E-state index in [1.54, 1.807) is 12.1 Å². The lowest BCUT2D eigenvalue weighted by atomic mass is 9.83. The molecular formula is C20H24N2O3S. The molecule has 2 N–H and O–H groups in total. The normalized spacial score (nSPS) is 24.2. The van der Waals surface area contributed by atoms with Crippen molar-refractivity contribution in [3.63, 3.8) is 0 Å². The van der Waals surface area contributed by atoms with Gasteiger partial charge in [0, 0.05) is 18.5 Å². The topological polar surface area (TPSA) is 69.6 Å². The maximum atomic E-state index is 13.4.